The van der Waals surface area contributed by atoms with Crippen molar-refractivity contribution in [1.82, 2.24) is 19.7 Å². The largest absolute Gasteiger partial charge is 0.325 e. The van der Waals surface area contributed by atoms with Gasteiger partial charge in [0.15, 0.2) is 11.0 Å². The molecule has 162 valence electrons. The van der Waals surface area contributed by atoms with Gasteiger partial charge >= 0.3 is 0 Å². The summed E-state index contributed by atoms with van der Waals surface area (Å²) in [4.78, 5) is 16.7. The van der Waals surface area contributed by atoms with E-state index in [0.29, 0.717) is 16.9 Å². The number of anilines is 1. The van der Waals surface area contributed by atoms with Gasteiger partial charge in [0.2, 0.25) is 5.91 Å². The molecule has 32 heavy (non-hydrogen) atoms. The quantitative estimate of drug-likeness (QED) is 0.382. The number of hydrogen-bond donors (Lipinski definition) is 1. The van der Waals surface area contributed by atoms with Crippen LogP contribution in [0.2, 0.25) is 0 Å². The number of pyridine rings is 1. The maximum absolute atomic E-state index is 12.6. The van der Waals surface area contributed by atoms with Crippen LogP contribution in [-0.4, -0.2) is 31.4 Å². The summed E-state index contributed by atoms with van der Waals surface area (Å²) in [6, 6.07) is 19.8. The summed E-state index contributed by atoms with van der Waals surface area (Å²) >= 11 is 1.36. The SMILES string of the molecule is Cc1ccccc1-n1c(SCC(=O)Nc2ccc(C(C)C)cc2)nnc1-c1ccncc1. The lowest BCUT2D eigenvalue weighted by atomic mass is 10.0. The van der Waals surface area contributed by atoms with E-state index in [9.17, 15) is 4.79 Å². The smallest absolute Gasteiger partial charge is 0.234 e. The second-order valence-electron chi connectivity index (χ2n) is 7.78. The highest BCUT2D eigenvalue weighted by molar-refractivity contribution is 7.99. The average Bonchev–Trinajstić information content (AvgIpc) is 3.23. The molecule has 0 radical (unpaired) electrons. The Morgan fingerprint density at radius 2 is 1.72 bits per heavy atom. The fourth-order valence-corrected chi connectivity index (χ4v) is 4.11. The maximum Gasteiger partial charge on any atom is 0.234 e. The molecule has 0 saturated carbocycles. The molecule has 1 amide bonds. The zero-order valence-electron chi connectivity index (χ0n) is 18.3. The number of carbonyl (C=O) groups excluding carboxylic acids is 1. The van der Waals surface area contributed by atoms with Gasteiger partial charge in [0.05, 0.1) is 11.4 Å². The Bertz CT molecular complexity index is 1200. The molecule has 0 fully saturated rings. The van der Waals surface area contributed by atoms with Crippen molar-refractivity contribution in [2.75, 3.05) is 11.1 Å². The lowest BCUT2D eigenvalue weighted by molar-refractivity contribution is -0.113. The van der Waals surface area contributed by atoms with Gasteiger partial charge in [-0.1, -0.05) is 55.9 Å². The zero-order valence-corrected chi connectivity index (χ0v) is 19.1. The Morgan fingerprint density at radius 3 is 2.41 bits per heavy atom. The molecule has 4 aromatic rings. The van der Waals surface area contributed by atoms with E-state index in [-0.39, 0.29) is 11.7 Å². The van der Waals surface area contributed by atoms with E-state index in [4.69, 9.17) is 0 Å². The molecular weight excluding hydrogens is 418 g/mol. The highest BCUT2D eigenvalue weighted by Crippen LogP contribution is 2.29. The van der Waals surface area contributed by atoms with Gasteiger partial charge in [0, 0.05) is 23.6 Å². The summed E-state index contributed by atoms with van der Waals surface area (Å²) in [5.74, 6) is 1.32. The molecule has 1 N–H and O–H groups in total. The summed E-state index contributed by atoms with van der Waals surface area (Å²) in [5, 5.41) is 12.4. The van der Waals surface area contributed by atoms with E-state index >= 15 is 0 Å². The molecule has 2 aromatic heterocycles. The van der Waals surface area contributed by atoms with Crippen LogP contribution in [0, 0.1) is 6.92 Å². The topological polar surface area (TPSA) is 72.7 Å². The molecule has 0 aliphatic carbocycles. The lowest BCUT2D eigenvalue weighted by Gasteiger charge is -2.13. The van der Waals surface area contributed by atoms with Crippen LogP contribution in [0.3, 0.4) is 0 Å². The van der Waals surface area contributed by atoms with Crippen LogP contribution in [0.5, 0.6) is 0 Å². The predicted molar refractivity (Wildman–Crippen MR) is 129 cm³/mol. The van der Waals surface area contributed by atoms with Crippen molar-refractivity contribution >= 4 is 23.4 Å². The van der Waals surface area contributed by atoms with E-state index in [0.717, 1.165) is 22.5 Å². The Labute approximate surface area is 192 Å². The van der Waals surface area contributed by atoms with E-state index in [1.807, 2.05) is 72.2 Å². The number of para-hydroxylation sites is 1. The number of aryl methyl sites for hydroxylation is 1. The minimum absolute atomic E-state index is 0.0860. The van der Waals surface area contributed by atoms with E-state index in [2.05, 4.69) is 34.3 Å². The molecule has 0 unspecified atom stereocenters. The van der Waals surface area contributed by atoms with Crippen LogP contribution >= 0.6 is 11.8 Å². The highest BCUT2D eigenvalue weighted by Gasteiger charge is 2.18. The van der Waals surface area contributed by atoms with Crippen LogP contribution in [0.4, 0.5) is 5.69 Å². The monoisotopic (exact) mass is 443 g/mol. The van der Waals surface area contributed by atoms with Gasteiger partial charge in [0.25, 0.3) is 0 Å². The number of aromatic nitrogens is 4. The first kappa shape index (κ1) is 21.8. The molecule has 0 spiro atoms. The minimum Gasteiger partial charge on any atom is -0.325 e. The number of thioether (sulfide) groups is 1. The number of nitrogens with zero attached hydrogens (tertiary/aromatic N) is 4. The van der Waals surface area contributed by atoms with Crippen molar-refractivity contribution in [3.8, 4) is 17.1 Å². The first-order chi connectivity index (χ1) is 15.5. The molecule has 0 atom stereocenters. The number of rotatable bonds is 7. The fourth-order valence-electron chi connectivity index (χ4n) is 3.36. The van der Waals surface area contributed by atoms with Gasteiger partial charge in [-0.25, -0.2) is 0 Å². The second kappa shape index (κ2) is 9.78. The summed E-state index contributed by atoms with van der Waals surface area (Å²) < 4.78 is 2.00. The second-order valence-corrected chi connectivity index (χ2v) is 8.72. The van der Waals surface area contributed by atoms with Gasteiger partial charge in [-0.05, 0) is 54.3 Å². The van der Waals surface area contributed by atoms with Gasteiger partial charge in [-0.2, -0.15) is 0 Å². The van der Waals surface area contributed by atoms with Crippen molar-refractivity contribution in [3.05, 3.63) is 84.2 Å². The summed E-state index contributed by atoms with van der Waals surface area (Å²) in [6.07, 6.45) is 3.47. The molecular formula is C25H25N5OS. The predicted octanol–water partition coefficient (Wildman–Crippen LogP) is 5.49. The first-order valence-corrected chi connectivity index (χ1v) is 11.5. The van der Waals surface area contributed by atoms with Crippen LogP contribution in [0.15, 0.2) is 78.2 Å². The Hall–Kier alpha value is -3.45. The Kier molecular flexibility index (Phi) is 6.66. The van der Waals surface area contributed by atoms with Crippen LogP contribution in [-0.2, 0) is 4.79 Å². The number of hydrogen-bond acceptors (Lipinski definition) is 5. The molecule has 2 heterocycles. The van der Waals surface area contributed by atoms with Crippen molar-refractivity contribution in [2.45, 2.75) is 31.8 Å². The van der Waals surface area contributed by atoms with Gasteiger partial charge < -0.3 is 5.32 Å². The molecule has 0 aliphatic heterocycles. The van der Waals surface area contributed by atoms with Crippen LogP contribution in [0.1, 0.15) is 30.9 Å². The van der Waals surface area contributed by atoms with Gasteiger partial charge in [-0.3, -0.25) is 14.3 Å². The number of benzene rings is 2. The van der Waals surface area contributed by atoms with Gasteiger partial charge in [-0.15, -0.1) is 10.2 Å². The summed E-state index contributed by atoms with van der Waals surface area (Å²) in [7, 11) is 0. The zero-order chi connectivity index (χ0) is 22.5. The van der Waals surface area contributed by atoms with Crippen LogP contribution in [0.25, 0.3) is 17.1 Å². The van der Waals surface area contributed by atoms with Crippen molar-refractivity contribution in [1.29, 1.82) is 0 Å². The molecule has 0 bridgehead atoms. The van der Waals surface area contributed by atoms with Crippen LogP contribution < -0.4 is 5.32 Å². The standard InChI is InChI=1S/C25H25N5OS/c1-17(2)19-8-10-21(11-9-19)27-23(31)16-32-25-29-28-24(20-12-14-26-15-13-20)30(25)22-7-5-4-6-18(22)3/h4-15,17H,16H2,1-3H3,(H,27,31). The van der Waals surface area contributed by atoms with E-state index < -0.39 is 0 Å². The number of amides is 1. The molecule has 0 aliphatic rings. The Balaban J connectivity index is 1.55. The summed E-state index contributed by atoms with van der Waals surface area (Å²) in [5.41, 5.74) is 5.03. The van der Waals surface area contributed by atoms with E-state index in [1.165, 1.54) is 17.3 Å². The van der Waals surface area contributed by atoms with Crippen molar-refractivity contribution in [3.63, 3.8) is 0 Å². The molecule has 6 nitrogen and oxygen atoms in total. The van der Waals surface area contributed by atoms with Crippen molar-refractivity contribution < 1.29 is 4.79 Å². The van der Waals surface area contributed by atoms with Crippen molar-refractivity contribution in [2.24, 2.45) is 0 Å². The Morgan fingerprint density at radius 1 is 1.00 bits per heavy atom. The highest BCUT2D eigenvalue weighted by atomic mass is 32.2. The first-order valence-electron chi connectivity index (χ1n) is 10.5. The summed E-state index contributed by atoms with van der Waals surface area (Å²) in [6.45, 7) is 6.34. The fraction of sp³-hybridized carbons (Fsp3) is 0.200. The van der Waals surface area contributed by atoms with Gasteiger partial charge in [0.1, 0.15) is 0 Å². The van der Waals surface area contributed by atoms with E-state index in [1.54, 1.807) is 12.4 Å². The minimum atomic E-state index is -0.0860. The maximum atomic E-state index is 12.6. The third-order valence-corrected chi connectivity index (χ3v) is 6.05. The lowest BCUT2D eigenvalue weighted by Crippen LogP contribution is -2.14. The number of nitrogens with one attached hydrogen (secondary N) is 1. The normalized spacial score (nSPS) is 11.0. The molecule has 0 saturated heterocycles. The molecule has 7 heteroatoms. The number of carbonyl (C=O) groups is 1. The molecule has 2 aromatic carbocycles. The third kappa shape index (κ3) is 4.89. The molecule has 4 rings (SSSR count). The average molecular weight is 444 g/mol. The third-order valence-electron chi connectivity index (χ3n) is 5.12.